The normalized spacial score (nSPS) is 11.2. The summed E-state index contributed by atoms with van der Waals surface area (Å²) < 4.78 is 2.67. The molecular formula is C12H6BrN5S2. The number of hydrogen-bond acceptors (Lipinski definition) is 6. The molecule has 0 aliphatic rings. The van der Waals surface area contributed by atoms with E-state index in [2.05, 4.69) is 42.3 Å². The first-order valence-corrected chi connectivity index (χ1v) is 8.17. The second kappa shape index (κ2) is 4.72. The maximum Gasteiger partial charge on any atom is 0.235 e. The lowest BCUT2D eigenvalue weighted by Crippen LogP contribution is -1.91. The lowest BCUT2D eigenvalue weighted by molar-refractivity contribution is 0.970. The van der Waals surface area contributed by atoms with Gasteiger partial charge in [-0.25, -0.2) is 0 Å². The number of aromatic nitrogens is 5. The van der Waals surface area contributed by atoms with Crippen molar-refractivity contribution in [1.29, 1.82) is 0 Å². The van der Waals surface area contributed by atoms with Crippen LogP contribution >= 0.6 is 38.6 Å². The highest BCUT2D eigenvalue weighted by molar-refractivity contribution is 9.10. The number of pyridine rings is 1. The molecule has 0 atom stereocenters. The van der Waals surface area contributed by atoms with Gasteiger partial charge in [-0.05, 0) is 33.4 Å². The molecule has 0 saturated carbocycles. The van der Waals surface area contributed by atoms with Gasteiger partial charge in [0.25, 0.3) is 0 Å². The van der Waals surface area contributed by atoms with Crippen LogP contribution in [-0.4, -0.2) is 24.8 Å². The number of fused-ring (bicyclic) bond motifs is 1. The first kappa shape index (κ1) is 12.1. The van der Waals surface area contributed by atoms with Crippen molar-refractivity contribution >= 4 is 43.6 Å². The first-order valence-electron chi connectivity index (χ1n) is 5.68. The van der Waals surface area contributed by atoms with Crippen molar-refractivity contribution < 1.29 is 0 Å². The van der Waals surface area contributed by atoms with Gasteiger partial charge in [-0.3, -0.25) is 4.98 Å². The van der Waals surface area contributed by atoms with E-state index in [1.54, 1.807) is 28.2 Å². The van der Waals surface area contributed by atoms with E-state index < -0.39 is 0 Å². The van der Waals surface area contributed by atoms with Crippen molar-refractivity contribution in [2.24, 2.45) is 0 Å². The Morgan fingerprint density at radius 1 is 1.20 bits per heavy atom. The molecule has 0 amide bonds. The molecule has 4 rings (SSSR count). The Labute approximate surface area is 130 Å². The predicted octanol–water partition coefficient (Wildman–Crippen LogP) is 3.74. The van der Waals surface area contributed by atoms with Crippen molar-refractivity contribution in [2.45, 2.75) is 0 Å². The third-order valence-corrected chi connectivity index (χ3v) is 5.06. The molecular weight excluding hydrogens is 358 g/mol. The van der Waals surface area contributed by atoms with Crippen molar-refractivity contribution in [1.82, 2.24) is 24.8 Å². The van der Waals surface area contributed by atoms with Crippen LogP contribution in [-0.2, 0) is 0 Å². The molecule has 4 heterocycles. The minimum Gasteiger partial charge on any atom is -0.263 e. The largest absolute Gasteiger partial charge is 0.263 e. The number of nitrogens with zero attached hydrogens (tertiary/aromatic N) is 5. The third-order valence-electron chi connectivity index (χ3n) is 2.69. The van der Waals surface area contributed by atoms with Gasteiger partial charge in [0.2, 0.25) is 4.96 Å². The summed E-state index contributed by atoms with van der Waals surface area (Å²) >= 11 is 6.61. The molecule has 4 aromatic heterocycles. The summed E-state index contributed by atoms with van der Waals surface area (Å²) in [6, 6.07) is 6.02. The van der Waals surface area contributed by atoms with E-state index in [0.717, 1.165) is 24.9 Å². The monoisotopic (exact) mass is 363 g/mol. The first-order chi connectivity index (χ1) is 9.81. The highest BCUT2D eigenvalue weighted by atomic mass is 79.9. The van der Waals surface area contributed by atoms with Crippen LogP contribution in [0.4, 0.5) is 0 Å². The van der Waals surface area contributed by atoms with E-state index in [-0.39, 0.29) is 0 Å². The molecule has 20 heavy (non-hydrogen) atoms. The Hall–Kier alpha value is -1.64. The van der Waals surface area contributed by atoms with E-state index in [0.29, 0.717) is 5.82 Å². The summed E-state index contributed by atoms with van der Waals surface area (Å²) in [5, 5.41) is 16.0. The summed E-state index contributed by atoms with van der Waals surface area (Å²) in [6.45, 7) is 0. The molecule has 0 aliphatic carbocycles. The molecule has 0 aliphatic heterocycles. The van der Waals surface area contributed by atoms with Gasteiger partial charge >= 0.3 is 0 Å². The number of halogens is 1. The van der Waals surface area contributed by atoms with E-state index >= 15 is 0 Å². The second-order valence-corrected chi connectivity index (χ2v) is 6.81. The van der Waals surface area contributed by atoms with E-state index in [9.17, 15) is 0 Å². The van der Waals surface area contributed by atoms with Crippen molar-refractivity contribution in [3.05, 3.63) is 40.4 Å². The summed E-state index contributed by atoms with van der Waals surface area (Å²) in [5.74, 6) is 0.702. The Morgan fingerprint density at radius 2 is 2.15 bits per heavy atom. The average Bonchev–Trinajstić information content (AvgIpc) is 3.14. The zero-order valence-corrected chi connectivity index (χ0v) is 13.1. The molecule has 0 aromatic carbocycles. The van der Waals surface area contributed by atoms with E-state index in [1.165, 1.54) is 11.3 Å². The Morgan fingerprint density at radius 3 is 2.95 bits per heavy atom. The van der Waals surface area contributed by atoms with Crippen LogP contribution in [0, 0.1) is 0 Å². The van der Waals surface area contributed by atoms with Gasteiger partial charge in [-0.2, -0.15) is 9.61 Å². The van der Waals surface area contributed by atoms with Crippen molar-refractivity contribution in [3.63, 3.8) is 0 Å². The fraction of sp³-hybridized carbons (Fsp3) is 0. The molecule has 98 valence electrons. The fourth-order valence-corrected chi connectivity index (χ4v) is 3.83. The summed E-state index contributed by atoms with van der Waals surface area (Å²) in [4.78, 5) is 6.07. The zero-order valence-electron chi connectivity index (χ0n) is 9.89. The Bertz CT molecular complexity index is 880. The van der Waals surface area contributed by atoms with Crippen molar-refractivity contribution in [2.75, 3.05) is 0 Å². The van der Waals surface area contributed by atoms with Crippen LogP contribution in [0.1, 0.15) is 0 Å². The number of rotatable bonds is 2. The van der Waals surface area contributed by atoms with Gasteiger partial charge < -0.3 is 0 Å². The SMILES string of the molecule is Brc1cncc(-c2nnc3sc(-c4cccs4)nn23)c1. The topological polar surface area (TPSA) is 56.0 Å². The highest BCUT2D eigenvalue weighted by Gasteiger charge is 2.15. The van der Waals surface area contributed by atoms with Crippen LogP contribution in [0.15, 0.2) is 40.4 Å². The summed E-state index contributed by atoms with van der Waals surface area (Å²) in [5.41, 5.74) is 0.884. The molecule has 0 radical (unpaired) electrons. The van der Waals surface area contributed by atoms with Crippen LogP contribution in [0.3, 0.4) is 0 Å². The molecule has 0 fully saturated rings. The minimum atomic E-state index is 0.702. The predicted molar refractivity (Wildman–Crippen MR) is 82.9 cm³/mol. The second-order valence-electron chi connectivity index (χ2n) is 3.99. The molecule has 5 nitrogen and oxygen atoms in total. The smallest absolute Gasteiger partial charge is 0.235 e. The van der Waals surface area contributed by atoms with Gasteiger partial charge in [0, 0.05) is 22.4 Å². The Balaban J connectivity index is 1.89. The molecule has 0 N–H and O–H groups in total. The summed E-state index contributed by atoms with van der Waals surface area (Å²) in [7, 11) is 0. The molecule has 0 saturated heterocycles. The molecule has 0 bridgehead atoms. The number of hydrogen-bond donors (Lipinski definition) is 0. The quantitative estimate of drug-likeness (QED) is 0.544. The van der Waals surface area contributed by atoms with E-state index in [4.69, 9.17) is 0 Å². The van der Waals surface area contributed by atoms with Crippen molar-refractivity contribution in [3.8, 4) is 21.3 Å². The van der Waals surface area contributed by atoms with Gasteiger partial charge in [0.05, 0.1) is 4.88 Å². The maximum absolute atomic E-state index is 4.60. The lowest BCUT2D eigenvalue weighted by Gasteiger charge is -1.96. The molecule has 8 heteroatoms. The van der Waals surface area contributed by atoms with Gasteiger partial charge in [0.15, 0.2) is 10.8 Å². The highest BCUT2D eigenvalue weighted by Crippen LogP contribution is 2.30. The molecule has 0 spiro atoms. The minimum absolute atomic E-state index is 0.702. The summed E-state index contributed by atoms with van der Waals surface area (Å²) in [6.07, 6.45) is 3.49. The van der Waals surface area contributed by atoms with Crippen LogP contribution in [0.25, 0.3) is 26.2 Å². The zero-order chi connectivity index (χ0) is 13.5. The average molecular weight is 364 g/mol. The molecule has 4 aromatic rings. The molecule has 0 unspecified atom stereocenters. The Kier molecular flexibility index (Phi) is 2.86. The van der Waals surface area contributed by atoms with Crippen LogP contribution in [0.2, 0.25) is 0 Å². The van der Waals surface area contributed by atoms with Gasteiger partial charge in [-0.15, -0.1) is 21.5 Å². The lowest BCUT2D eigenvalue weighted by atomic mass is 10.3. The number of thiophene rings is 1. The van der Waals surface area contributed by atoms with Gasteiger partial charge in [0.1, 0.15) is 0 Å². The van der Waals surface area contributed by atoms with Gasteiger partial charge in [-0.1, -0.05) is 17.4 Å². The standard InChI is InChI=1S/C12H6BrN5S2/c13-8-4-7(5-14-6-8)10-15-16-12-18(10)17-11(20-12)9-2-1-3-19-9/h1-6H. The third kappa shape index (κ3) is 1.96. The van der Waals surface area contributed by atoms with Crippen LogP contribution in [0.5, 0.6) is 0 Å². The van der Waals surface area contributed by atoms with E-state index in [1.807, 2.05) is 17.5 Å². The maximum atomic E-state index is 4.60. The van der Waals surface area contributed by atoms with Crippen LogP contribution < -0.4 is 0 Å². The fourth-order valence-electron chi connectivity index (χ4n) is 1.83.